The van der Waals surface area contributed by atoms with Gasteiger partial charge < -0.3 is 13.9 Å². The molecular weight excluding hydrogens is 308 g/mol. The monoisotopic (exact) mass is 324 g/mol. The van der Waals surface area contributed by atoms with E-state index in [4.69, 9.17) is 13.9 Å². The molecule has 1 unspecified atom stereocenters. The molecule has 1 atom stereocenters. The summed E-state index contributed by atoms with van der Waals surface area (Å²) in [6.07, 6.45) is -0.651. The summed E-state index contributed by atoms with van der Waals surface area (Å²) in [5.74, 6) is 0.716. The lowest BCUT2D eigenvalue weighted by molar-refractivity contribution is -0.152. The molecule has 122 valence electrons. The highest BCUT2D eigenvalue weighted by molar-refractivity contribution is 5.71. The molecule has 1 heterocycles. The Balaban J connectivity index is 1.56. The van der Waals surface area contributed by atoms with Crippen molar-refractivity contribution in [2.75, 3.05) is 6.61 Å². The molecule has 0 N–H and O–H groups in total. The van der Waals surface area contributed by atoms with Gasteiger partial charge in [-0.1, -0.05) is 36.4 Å². The van der Waals surface area contributed by atoms with Crippen LogP contribution in [0.15, 0.2) is 65.1 Å². The lowest BCUT2D eigenvalue weighted by Gasteiger charge is -2.10. The molecule has 0 saturated heterocycles. The van der Waals surface area contributed by atoms with Gasteiger partial charge in [-0.15, -0.1) is 10.2 Å². The summed E-state index contributed by atoms with van der Waals surface area (Å²) in [6.45, 7) is 1.48. The molecule has 0 fully saturated rings. The smallest absolute Gasteiger partial charge is 0.344 e. The second-order valence-corrected chi connectivity index (χ2v) is 5.05. The SMILES string of the molecule is CC(OC(=O)COc1ccccc1)c1nnc(-c2ccccc2)o1. The van der Waals surface area contributed by atoms with E-state index in [-0.39, 0.29) is 12.5 Å². The van der Waals surface area contributed by atoms with Crippen LogP contribution in [0.1, 0.15) is 18.9 Å². The van der Waals surface area contributed by atoms with Crippen LogP contribution in [0.5, 0.6) is 5.75 Å². The van der Waals surface area contributed by atoms with E-state index in [0.29, 0.717) is 11.6 Å². The molecule has 0 radical (unpaired) electrons. The van der Waals surface area contributed by atoms with Crippen LogP contribution >= 0.6 is 0 Å². The number of para-hydroxylation sites is 1. The highest BCUT2D eigenvalue weighted by atomic mass is 16.6. The van der Waals surface area contributed by atoms with Crippen LogP contribution < -0.4 is 4.74 Å². The van der Waals surface area contributed by atoms with E-state index < -0.39 is 12.1 Å². The fourth-order valence-electron chi connectivity index (χ4n) is 2.04. The first-order valence-corrected chi connectivity index (χ1v) is 7.48. The Hall–Kier alpha value is -3.15. The van der Waals surface area contributed by atoms with Crippen molar-refractivity contribution in [2.45, 2.75) is 13.0 Å². The Morgan fingerprint density at radius 1 is 1.04 bits per heavy atom. The second-order valence-electron chi connectivity index (χ2n) is 5.05. The van der Waals surface area contributed by atoms with Gasteiger partial charge in [-0.05, 0) is 31.2 Å². The number of hydrogen-bond donors (Lipinski definition) is 0. The first kappa shape index (κ1) is 15.7. The normalized spacial score (nSPS) is 11.7. The van der Waals surface area contributed by atoms with E-state index >= 15 is 0 Å². The number of carbonyl (C=O) groups excluding carboxylic acids is 1. The molecule has 3 rings (SSSR count). The number of benzene rings is 2. The predicted octanol–water partition coefficient (Wildman–Crippen LogP) is 3.42. The molecule has 0 bridgehead atoms. The van der Waals surface area contributed by atoms with Gasteiger partial charge in [-0.2, -0.15) is 0 Å². The largest absolute Gasteiger partial charge is 0.482 e. The highest BCUT2D eigenvalue weighted by Crippen LogP contribution is 2.22. The van der Waals surface area contributed by atoms with Crippen LogP contribution in [0.4, 0.5) is 0 Å². The maximum Gasteiger partial charge on any atom is 0.344 e. The van der Waals surface area contributed by atoms with Crippen LogP contribution in [0.25, 0.3) is 11.5 Å². The topological polar surface area (TPSA) is 74.5 Å². The Morgan fingerprint density at radius 2 is 1.71 bits per heavy atom. The minimum absolute atomic E-state index is 0.186. The first-order chi connectivity index (χ1) is 11.7. The van der Waals surface area contributed by atoms with Crippen LogP contribution in [0.3, 0.4) is 0 Å². The summed E-state index contributed by atoms with van der Waals surface area (Å²) in [5.41, 5.74) is 0.808. The van der Waals surface area contributed by atoms with Gasteiger partial charge in [0, 0.05) is 5.56 Å². The van der Waals surface area contributed by atoms with Crippen molar-refractivity contribution in [3.8, 4) is 17.2 Å². The van der Waals surface area contributed by atoms with Crippen molar-refractivity contribution in [2.24, 2.45) is 0 Å². The van der Waals surface area contributed by atoms with Gasteiger partial charge in [0.1, 0.15) is 5.75 Å². The summed E-state index contributed by atoms with van der Waals surface area (Å²) >= 11 is 0. The Labute approximate surface area is 139 Å². The van der Waals surface area contributed by atoms with Crippen molar-refractivity contribution in [1.82, 2.24) is 10.2 Å². The third kappa shape index (κ3) is 3.98. The average Bonchev–Trinajstić information content (AvgIpc) is 3.12. The van der Waals surface area contributed by atoms with E-state index in [1.54, 1.807) is 19.1 Å². The molecule has 0 aliphatic heterocycles. The molecule has 1 aromatic heterocycles. The molecule has 0 saturated carbocycles. The summed E-state index contributed by atoms with van der Waals surface area (Å²) < 4.78 is 16.1. The van der Waals surface area contributed by atoms with E-state index in [1.807, 2.05) is 48.5 Å². The summed E-state index contributed by atoms with van der Waals surface area (Å²) in [4.78, 5) is 11.8. The standard InChI is InChI=1S/C18H16N2O4/c1-13(23-16(21)12-22-15-10-6-3-7-11-15)17-19-20-18(24-17)14-8-4-2-5-9-14/h2-11,13H,12H2,1H3. The number of esters is 1. The van der Waals surface area contributed by atoms with Gasteiger partial charge in [-0.25, -0.2) is 4.79 Å². The molecule has 6 heteroatoms. The first-order valence-electron chi connectivity index (χ1n) is 7.48. The Morgan fingerprint density at radius 3 is 2.42 bits per heavy atom. The van der Waals surface area contributed by atoms with Gasteiger partial charge in [0.05, 0.1) is 0 Å². The minimum atomic E-state index is -0.651. The number of hydrogen-bond acceptors (Lipinski definition) is 6. The molecule has 0 spiro atoms. The van der Waals surface area contributed by atoms with E-state index in [9.17, 15) is 4.79 Å². The quantitative estimate of drug-likeness (QED) is 0.647. The van der Waals surface area contributed by atoms with Crippen molar-refractivity contribution in [3.05, 3.63) is 66.6 Å². The third-order valence-corrected chi connectivity index (χ3v) is 3.22. The predicted molar refractivity (Wildman–Crippen MR) is 86.2 cm³/mol. The number of ether oxygens (including phenoxy) is 2. The van der Waals surface area contributed by atoms with E-state index in [0.717, 1.165) is 5.56 Å². The Kier molecular flexibility index (Phi) is 4.86. The van der Waals surface area contributed by atoms with Crippen LogP contribution in [0.2, 0.25) is 0 Å². The van der Waals surface area contributed by atoms with Gasteiger partial charge in [0.15, 0.2) is 12.7 Å². The lowest BCUT2D eigenvalue weighted by atomic mass is 10.2. The van der Waals surface area contributed by atoms with Crippen molar-refractivity contribution >= 4 is 5.97 Å². The van der Waals surface area contributed by atoms with E-state index in [1.165, 1.54) is 0 Å². The molecule has 0 aliphatic rings. The van der Waals surface area contributed by atoms with Gasteiger partial charge in [0.25, 0.3) is 5.89 Å². The molecule has 2 aromatic carbocycles. The Bertz CT molecular complexity index is 787. The number of rotatable bonds is 6. The van der Waals surface area contributed by atoms with Crippen molar-refractivity contribution in [3.63, 3.8) is 0 Å². The number of carbonyl (C=O) groups is 1. The second kappa shape index (κ2) is 7.41. The molecule has 0 aliphatic carbocycles. The van der Waals surface area contributed by atoms with Crippen molar-refractivity contribution < 1.29 is 18.7 Å². The van der Waals surface area contributed by atoms with Crippen LogP contribution in [0, 0.1) is 0 Å². The fraction of sp³-hybridized carbons (Fsp3) is 0.167. The van der Waals surface area contributed by atoms with Crippen molar-refractivity contribution in [1.29, 1.82) is 0 Å². The molecule has 24 heavy (non-hydrogen) atoms. The summed E-state index contributed by atoms with van der Waals surface area (Å²) in [5, 5.41) is 7.90. The summed E-state index contributed by atoms with van der Waals surface area (Å²) in [7, 11) is 0. The maximum absolute atomic E-state index is 11.8. The molecule has 0 amide bonds. The van der Waals surface area contributed by atoms with E-state index in [2.05, 4.69) is 10.2 Å². The maximum atomic E-state index is 11.8. The molecule has 3 aromatic rings. The number of aromatic nitrogens is 2. The summed E-state index contributed by atoms with van der Waals surface area (Å²) in [6, 6.07) is 18.4. The third-order valence-electron chi connectivity index (χ3n) is 3.22. The van der Waals surface area contributed by atoms with Crippen LogP contribution in [-0.4, -0.2) is 22.8 Å². The van der Waals surface area contributed by atoms with Gasteiger partial charge >= 0.3 is 5.97 Å². The highest BCUT2D eigenvalue weighted by Gasteiger charge is 2.19. The van der Waals surface area contributed by atoms with Gasteiger partial charge in [0.2, 0.25) is 5.89 Å². The average molecular weight is 324 g/mol. The fourth-order valence-corrected chi connectivity index (χ4v) is 2.04. The minimum Gasteiger partial charge on any atom is -0.482 e. The zero-order valence-corrected chi connectivity index (χ0v) is 13.1. The molecular formula is C18H16N2O4. The molecule has 6 nitrogen and oxygen atoms in total. The zero-order chi connectivity index (χ0) is 16.8. The lowest BCUT2D eigenvalue weighted by Crippen LogP contribution is -2.17. The van der Waals surface area contributed by atoms with Crippen LogP contribution in [-0.2, 0) is 9.53 Å². The zero-order valence-electron chi connectivity index (χ0n) is 13.1. The van der Waals surface area contributed by atoms with Gasteiger partial charge in [-0.3, -0.25) is 0 Å². The number of nitrogens with zero attached hydrogens (tertiary/aromatic N) is 2.